The van der Waals surface area contributed by atoms with Gasteiger partial charge in [-0.1, -0.05) is 6.07 Å². The van der Waals surface area contributed by atoms with Crippen molar-refractivity contribution in [3.05, 3.63) is 58.7 Å². The summed E-state index contributed by atoms with van der Waals surface area (Å²) in [6.45, 7) is 1.21. The Hall–Kier alpha value is -3.38. The van der Waals surface area contributed by atoms with E-state index in [1.165, 1.54) is 29.4 Å². The molecule has 0 amide bonds. The fraction of sp³-hybridized carbons (Fsp3) is 0.350. The van der Waals surface area contributed by atoms with Crippen LogP contribution in [0.25, 0.3) is 16.9 Å². The number of nitro groups is 1. The third-order valence-corrected chi connectivity index (χ3v) is 6.47. The van der Waals surface area contributed by atoms with E-state index in [9.17, 15) is 18.5 Å². The Balaban J connectivity index is 1.58. The molecule has 11 nitrogen and oxygen atoms in total. The number of nitrogens with two attached hydrogens (primary N) is 1. The van der Waals surface area contributed by atoms with Gasteiger partial charge < -0.3 is 10.5 Å². The largest absolute Gasteiger partial charge is 0.381 e. The minimum absolute atomic E-state index is 0.0376. The second kappa shape index (κ2) is 8.63. The number of hydrogen-bond acceptors (Lipinski definition) is 9. The highest BCUT2D eigenvalue weighted by molar-refractivity contribution is 7.90. The molecular weight excluding hydrogens is 436 g/mol. The molecule has 1 unspecified atom stereocenters. The third kappa shape index (κ3) is 4.60. The molecule has 1 aliphatic heterocycles. The molecule has 0 saturated carbocycles. The van der Waals surface area contributed by atoms with Crippen molar-refractivity contribution in [3.63, 3.8) is 0 Å². The summed E-state index contributed by atoms with van der Waals surface area (Å²) in [6, 6.07) is 5.20. The Kier molecular flexibility index (Phi) is 5.89. The van der Waals surface area contributed by atoms with E-state index in [-0.39, 0.29) is 29.1 Å². The summed E-state index contributed by atoms with van der Waals surface area (Å²) in [5.74, 6) is 0.764. The van der Waals surface area contributed by atoms with Crippen LogP contribution >= 0.6 is 0 Å². The van der Waals surface area contributed by atoms with E-state index in [0.717, 1.165) is 5.56 Å². The highest BCUT2D eigenvalue weighted by Gasteiger charge is 2.30. The van der Waals surface area contributed by atoms with Crippen LogP contribution in [0.2, 0.25) is 0 Å². The maximum absolute atomic E-state index is 11.6. The molecule has 168 valence electrons. The van der Waals surface area contributed by atoms with Gasteiger partial charge in [-0.25, -0.2) is 23.1 Å². The van der Waals surface area contributed by atoms with E-state index >= 15 is 0 Å². The molecule has 12 heteroatoms. The lowest BCUT2D eigenvalue weighted by molar-refractivity contribution is -0.383. The number of pyridine rings is 2. The zero-order valence-electron chi connectivity index (χ0n) is 17.3. The Morgan fingerprint density at radius 3 is 2.66 bits per heavy atom. The monoisotopic (exact) mass is 458 g/mol. The minimum Gasteiger partial charge on any atom is -0.381 e. The fourth-order valence-corrected chi connectivity index (χ4v) is 4.42. The Bertz CT molecular complexity index is 1240. The van der Waals surface area contributed by atoms with Crippen molar-refractivity contribution in [2.45, 2.75) is 12.3 Å². The molecule has 1 aliphatic rings. The summed E-state index contributed by atoms with van der Waals surface area (Å²) in [4.78, 5) is 19.1. The number of ether oxygens (including phenoxy) is 1. The van der Waals surface area contributed by atoms with Gasteiger partial charge >= 0.3 is 5.69 Å². The summed E-state index contributed by atoms with van der Waals surface area (Å²) in [6.07, 6.45) is 7.99. The first-order valence-corrected chi connectivity index (χ1v) is 11.9. The quantitative estimate of drug-likeness (QED) is 0.394. The second-order valence-corrected chi connectivity index (χ2v) is 10.1. The number of nitrogens with zero attached hydrogens (tertiary/aromatic N) is 5. The predicted molar refractivity (Wildman–Crippen MR) is 117 cm³/mol. The molecule has 0 spiro atoms. The van der Waals surface area contributed by atoms with Crippen LogP contribution in [0.5, 0.6) is 0 Å². The summed E-state index contributed by atoms with van der Waals surface area (Å²) in [5, 5.41) is 15.7. The molecule has 4 rings (SSSR count). The first-order chi connectivity index (χ1) is 15.2. The lowest BCUT2D eigenvalue weighted by Gasteiger charge is -2.34. The van der Waals surface area contributed by atoms with Crippen molar-refractivity contribution < 1.29 is 18.1 Å². The van der Waals surface area contributed by atoms with E-state index in [1.54, 1.807) is 18.5 Å². The van der Waals surface area contributed by atoms with E-state index in [1.807, 2.05) is 6.07 Å². The van der Waals surface area contributed by atoms with E-state index in [0.29, 0.717) is 36.6 Å². The summed E-state index contributed by atoms with van der Waals surface area (Å²) in [5.41, 5.74) is 7.17. The first kappa shape index (κ1) is 21.8. The number of rotatable bonds is 8. The molecule has 0 bridgehead atoms. The number of nitrogen functional groups attached to an aromatic ring is 1. The van der Waals surface area contributed by atoms with Crippen molar-refractivity contribution in [1.82, 2.24) is 19.7 Å². The Labute approximate surface area is 184 Å². The van der Waals surface area contributed by atoms with Gasteiger partial charge in [0.15, 0.2) is 5.82 Å². The zero-order chi connectivity index (χ0) is 22.9. The second-order valence-electron chi connectivity index (χ2n) is 7.80. The molecular formula is C20H22N6O5S. The van der Waals surface area contributed by atoms with Gasteiger partial charge in [-0.05, 0) is 30.0 Å². The van der Waals surface area contributed by atoms with Crippen LogP contribution in [0.4, 0.5) is 11.5 Å². The molecule has 0 aliphatic carbocycles. The number of aromatic nitrogens is 4. The molecule has 4 heterocycles. The SMILES string of the molecule is CS(=O)(=O)CCC(c1ccc(-n2cc(-c3ccnc(N)c3[N+](=O)[O-])cn2)nc1)C1COC1. The highest BCUT2D eigenvalue weighted by Crippen LogP contribution is 2.34. The molecule has 1 fully saturated rings. The Morgan fingerprint density at radius 1 is 1.28 bits per heavy atom. The van der Waals surface area contributed by atoms with Gasteiger partial charge in [0.1, 0.15) is 9.84 Å². The summed E-state index contributed by atoms with van der Waals surface area (Å²) >= 11 is 0. The van der Waals surface area contributed by atoms with Crippen molar-refractivity contribution >= 4 is 21.3 Å². The van der Waals surface area contributed by atoms with Crippen LogP contribution in [-0.2, 0) is 14.6 Å². The summed E-state index contributed by atoms with van der Waals surface area (Å²) in [7, 11) is -3.07. The van der Waals surface area contributed by atoms with Crippen molar-refractivity contribution in [2.24, 2.45) is 5.92 Å². The molecule has 0 radical (unpaired) electrons. The smallest absolute Gasteiger partial charge is 0.319 e. The van der Waals surface area contributed by atoms with Crippen molar-refractivity contribution in [2.75, 3.05) is 31.0 Å². The standard InChI is InChI=1S/C20H22N6O5S/c1-32(29,30)7-5-16(15-11-31-12-15)13-2-3-18(23-8-13)25-10-14(9-24-25)17-4-6-22-20(21)19(17)26(27)28/h2-4,6,8-10,15-16H,5,7,11-12H2,1H3,(H2,21,22). The van der Waals surface area contributed by atoms with Gasteiger partial charge in [0.25, 0.3) is 0 Å². The molecule has 1 saturated heterocycles. The third-order valence-electron chi connectivity index (χ3n) is 5.49. The van der Waals surface area contributed by atoms with E-state index < -0.39 is 14.8 Å². The maximum atomic E-state index is 11.6. The average molecular weight is 459 g/mol. The van der Waals surface area contributed by atoms with Gasteiger partial charge in [0.2, 0.25) is 5.82 Å². The van der Waals surface area contributed by atoms with Gasteiger partial charge in [0.05, 0.1) is 35.7 Å². The number of hydrogen-bond donors (Lipinski definition) is 1. The average Bonchev–Trinajstić information content (AvgIpc) is 3.18. The van der Waals surface area contributed by atoms with E-state index in [2.05, 4.69) is 15.1 Å². The Morgan fingerprint density at radius 2 is 2.06 bits per heavy atom. The van der Waals surface area contributed by atoms with Crippen molar-refractivity contribution in [1.29, 1.82) is 0 Å². The van der Waals surface area contributed by atoms with Gasteiger partial charge in [-0.3, -0.25) is 10.1 Å². The van der Waals surface area contributed by atoms with Crippen LogP contribution in [-0.4, -0.2) is 58.3 Å². The minimum atomic E-state index is -3.07. The van der Waals surface area contributed by atoms with Crippen LogP contribution in [0.3, 0.4) is 0 Å². The molecule has 3 aromatic heterocycles. The van der Waals surface area contributed by atoms with Gasteiger partial charge in [-0.15, -0.1) is 0 Å². The molecule has 1 atom stereocenters. The lowest BCUT2D eigenvalue weighted by Crippen LogP contribution is -2.34. The van der Waals surface area contributed by atoms with Gasteiger partial charge in [0, 0.05) is 36.3 Å². The maximum Gasteiger partial charge on any atom is 0.319 e. The normalized spacial score (nSPS) is 15.3. The van der Waals surface area contributed by atoms with E-state index in [4.69, 9.17) is 10.5 Å². The van der Waals surface area contributed by atoms with Gasteiger partial charge in [-0.2, -0.15) is 5.10 Å². The zero-order valence-corrected chi connectivity index (χ0v) is 18.1. The lowest BCUT2D eigenvalue weighted by atomic mass is 9.83. The molecule has 2 N–H and O–H groups in total. The first-order valence-electron chi connectivity index (χ1n) is 9.88. The van der Waals surface area contributed by atoms with Crippen LogP contribution in [0.15, 0.2) is 43.0 Å². The van der Waals surface area contributed by atoms with Crippen molar-refractivity contribution in [3.8, 4) is 16.9 Å². The van der Waals surface area contributed by atoms with Crippen LogP contribution < -0.4 is 5.73 Å². The molecule has 0 aromatic carbocycles. The molecule has 32 heavy (non-hydrogen) atoms. The van der Waals surface area contributed by atoms with Crippen LogP contribution in [0.1, 0.15) is 17.9 Å². The number of anilines is 1. The summed E-state index contributed by atoms with van der Waals surface area (Å²) < 4.78 is 30.1. The highest BCUT2D eigenvalue weighted by atomic mass is 32.2. The fourth-order valence-electron chi connectivity index (χ4n) is 3.74. The predicted octanol–water partition coefficient (Wildman–Crippen LogP) is 1.98. The molecule has 3 aromatic rings. The van der Waals surface area contributed by atoms with Crippen LogP contribution in [0, 0.1) is 16.0 Å². The topological polar surface area (TPSA) is 156 Å². The number of sulfone groups is 1.